The lowest BCUT2D eigenvalue weighted by molar-refractivity contribution is 0.599. The van der Waals surface area contributed by atoms with Crippen molar-refractivity contribution in [3.8, 4) is 0 Å². The number of pyridine rings is 2. The van der Waals surface area contributed by atoms with Gasteiger partial charge in [-0.1, -0.05) is 0 Å². The minimum absolute atomic E-state index is 0.0815. The van der Waals surface area contributed by atoms with Crippen molar-refractivity contribution in [3.63, 3.8) is 0 Å². The standard InChI is InChI=1S/C9H8N2O2S/c1-14(12,13)9-5-4-7-8(11-9)3-2-6-10-7/h2-6H,1H3. The minimum Gasteiger partial charge on any atom is -0.255 e. The molecule has 0 radical (unpaired) electrons. The Morgan fingerprint density at radius 3 is 2.64 bits per heavy atom. The highest BCUT2D eigenvalue weighted by atomic mass is 32.2. The van der Waals surface area contributed by atoms with Crippen molar-refractivity contribution >= 4 is 20.9 Å². The van der Waals surface area contributed by atoms with Crippen LogP contribution in [0.25, 0.3) is 11.0 Å². The Balaban J connectivity index is 2.75. The Hall–Kier alpha value is -1.49. The lowest BCUT2D eigenvalue weighted by Crippen LogP contribution is -2.00. The summed E-state index contributed by atoms with van der Waals surface area (Å²) in [5.41, 5.74) is 1.29. The topological polar surface area (TPSA) is 59.9 Å². The predicted molar refractivity (Wildman–Crippen MR) is 52.6 cm³/mol. The van der Waals surface area contributed by atoms with Crippen LogP contribution in [0.15, 0.2) is 35.5 Å². The molecule has 0 saturated heterocycles. The van der Waals surface area contributed by atoms with Crippen LogP contribution in [0.5, 0.6) is 0 Å². The summed E-state index contributed by atoms with van der Waals surface area (Å²) in [6, 6.07) is 6.57. The van der Waals surface area contributed by atoms with Gasteiger partial charge in [-0.2, -0.15) is 0 Å². The molecule has 14 heavy (non-hydrogen) atoms. The Morgan fingerprint density at radius 1 is 1.14 bits per heavy atom. The monoisotopic (exact) mass is 208 g/mol. The average Bonchev–Trinajstić information content (AvgIpc) is 2.16. The highest BCUT2D eigenvalue weighted by molar-refractivity contribution is 7.90. The molecule has 2 aromatic heterocycles. The number of hydrogen-bond acceptors (Lipinski definition) is 4. The number of hydrogen-bond donors (Lipinski definition) is 0. The van der Waals surface area contributed by atoms with Crippen LogP contribution in [0.3, 0.4) is 0 Å². The fourth-order valence-corrected chi connectivity index (χ4v) is 1.72. The van der Waals surface area contributed by atoms with Gasteiger partial charge < -0.3 is 0 Å². The van der Waals surface area contributed by atoms with E-state index in [-0.39, 0.29) is 5.03 Å². The number of aromatic nitrogens is 2. The normalized spacial score (nSPS) is 11.8. The van der Waals surface area contributed by atoms with Crippen LogP contribution in [0.1, 0.15) is 0 Å². The van der Waals surface area contributed by atoms with Gasteiger partial charge in [0.1, 0.15) is 0 Å². The van der Waals surface area contributed by atoms with Crippen LogP contribution in [0, 0.1) is 0 Å². The molecule has 0 aliphatic heterocycles. The van der Waals surface area contributed by atoms with Crippen LogP contribution < -0.4 is 0 Å². The highest BCUT2D eigenvalue weighted by Gasteiger charge is 2.08. The second-order valence-corrected chi connectivity index (χ2v) is 4.93. The van der Waals surface area contributed by atoms with Gasteiger partial charge in [0, 0.05) is 12.5 Å². The van der Waals surface area contributed by atoms with Crippen molar-refractivity contribution in [1.82, 2.24) is 9.97 Å². The maximum atomic E-state index is 11.2. The highest BCUT2D eigenvalue weighted by Crippen LogP contribution is 2.12. The van der Waals surface area contributed by atoms with Crippen molar-refractivity contribution in [3.05, 3.63) is 30.5 Å². The van der Waals surface area contributed by atoms with E-state index >= 15 is 0 Å². The Morgan fingerprint density at radius 2 is 1.93 bits per heavy atom. The summed E-state index contributed by atoms with van der Waals surface area (Å²) in [6.45, 7) is 0. The second kappa shape index (κ2) is 3.02. The molecule has 72 valence electrons. The lowest BCUT2D eigenvalue weighted by atomic mass is 10.3. The number of nitrogens with zero attached hydrogens (tertiary/aromatic N) is 2. The van der Waals surface area contributed by atoms with Crippen molar-refractivity contribution in [2.45, 2.75) is 5.03 Å². The largest absolute Gasteiger partial charge is 0.255 e. The van der Waals surface area contributed by atoms with E-state index < -0.39 is 9.84 Å². The average molecular weight is 208 g/mol. The van der Waals surface area contributed by atoms with Crippen LogP contribution in [0.2, 0.25) is 0 Å². The summed E-state index contributed by atoms with van der Waals surface area (Å²) < 4.78 is 22.4. The Bertz CT molecular complexity index is 578. The summed E-state index contributed by atoms with van der Waals surface area (Å²) in [7, 11) is -3.23. The summed E-state index contributed by atoms with van der Waals surface area (Å²) >= 11 is 0. The van der Waals surface area contributed by atoms with Crippen LogP contribution in [-0.2, 0) is 9.84 Å². The first-order valence-electron chi connectivity index (χ1n) is 3.99. The summed E-state index contributed by atoms with van der Waals surface area (Å²) in [4.78, 5) is 8.04. The predicted octanol–water partition coefficient (Wildman–Crippen LogP) is 1.03. The number of rotatable bonds is 1. The SMILES string of the molecule is CS(=O)(=O)c1ccc2ncccc2n1. The van der Waals surface area contributed by atoms with Crippen molar-refractivity contribution in [2.75, 3.05) is 6.26 Å². The first-order valence-corrected chi connectivity index (χ1v) is 5.88. The van der Waals surface area contributed by atoms with E-state index in [2.05, 4.69) is 9.97 Å². The number of fused-ring (bicyclic) bond motifs is 1. The molecule has 0 N–H and O–H groups in total. The van der Waals surface area contributed by atoms with Gasteiger partial charge in [-0.15, -0.1) is 0 Å². The van der Waals surface area contributed by atoms with Gasteiger partial charge in [-0.05, 0) is 24.3 Å². The third kappa shape index (κ3) is 1.58. The molecule has 2 rings (SSSR count). The first-order chi connectivity index (χ1) is 6.57. The number of sulfone groups is 1. The van der Waals surface area contributed by atoms with Gasteiger partial charge in [0.25, 0.3) is 0 Å². The Labute approximate surface area is 81.5 Å². The molecule has 0 unspecified atom stereocenters. The molecule has 0 aliphatic carbocycles. The second-order valence-electron chi connectivity index (χ2n) is 2.96. The molecule has 2 aromatic rings. The van der Waals surface area contributed by atoms with E-state index in [1.165, 1.54) is 6.07 Å². The third-order valence-corrected chi connectivity index (χ3v) is 2.80. The molecule has 2 heterocycles. The van der Waals surface area contributed by atoms with Crippen LogP contribution in [-0.4, -0.2) is 24.6 Å². The van der Waals surface area contributed by atoms with E-state index in [1.54, 1.807) is 24.4 Å². The van der Waals surface area contributed by atoms with Crippen molar-refractivity contribution in [1.29, 1.82) is 0 Å². The smallest absolute Gasteiger partial charge is 0.192 e. The molecule has 0 spiro atoms. The van der Waals surface area contributed by atoms with Crippen molar-refractivity contribution in [2.24, 2.45) is 0 Å². The van der Waals surface area contributed by atoms with Crippen LogP contribution in [0.4, 0.5) is 0 Å². The van der Waals surface area contributed by atoms with Crippen LogP contribution >= 0.6 is 0 Å². The zero-order valence-electron chi connectivity index (χ0n) is 7.51. The lowest BCUT2D eigenvalue weighted by Gasteiger charge is -1.99. The summed E-state index contributed by atoms with van der Waals surface area (Å²) in [5, 5.41) is 0.0815. The van der Waals surface area contributed by atoms with E-state index in [9.17, 15) is 8.42 Å². The van der Waals surface area contributed by atoms with Gasteiger partial charge in [0.15, 0.2) is 14.9 Å². The molecule has 0 fully saturated rings. The molecule has 0 atom stereocenters. The van der Waals surface area contributed by atoms with Gasteiger partial charge in [0.05, 0.1) is 11.0 Å². The molecule has 4 nitrogen and oxygen atoms in total. The summed E-state index contributed by atoms with van der Waals surface area (Å²) in [6.07, 6.45) is 2.78. The van der Waals surface area contributed by atoms with Gasteiger partial charge >= 0.3 is 0 Å². The molecule has 0 amide bonds. The molecular weight excluding hydrogens is 200 g/mol. The van der Waals surface area contributed by atoms with E-state index in [1.807, 2.05) is 0 Å². The Kier molecular flexibility index (Phi) is 1.96. The molecule has 0 aliphatic rings. The van der Waals surface area contributed by atoms with E-state index in [0.717, 1.165) is 6.26 Å². The quantitative estimate of drug-likeness (QED) is 0.702. The van der Waals surface area contributed by atoms with Gasteiger partial charge in [-0.25, -0.2) is 13.4 Å². The fraction of sp³-hybridized carbons (Fsp3) is 0.111. The zero-order valence-corrected chi connectivity index (χ0v) is 8.32. The van der Waals surface area contributed by atoms with Gasteiger partial charge in [0.2, 0.25) is 0 Å². The van der Waals surface area contributed by atoms with E-state index in [4.69, 9.17) is 0 Å². The van der Waals surface area contributed by atoms with E-state index in [0.29, 0.717) is 11.0 Å². The molecular formula is C9H8N2O2S. The summed E-state index contributed by atoms with van der Waals surface area (Å²) in [5.74, 6) is 0. The molecule has 0 aromatic carbocycles. The molecule has 0 saturated carbocycles. The molecule has 5 heteroatoms. The zero-order chi connectivity index (χ0) is 10.2. The first kappa shape index (κ1) is 9.08. The van der Waals surface area contributed by atoms with Gasteiger partial charge in [-0.3, -0.25) is 4.98 Å². The maximum Gasteiger partial charge on any atom is 0.192 e. The minimum atomic E-state index is -3.23. The molecule has 0 bridgehead atoms. The van der Waals surface area contributed by atoms with Crippen molar-refractivity contribution < 1.29 is 8.42 Å². The fourth-order valence-electron chi connectivity index (χ4n) is 1.14. The maximum absolute atomic E-state index is 11.2. The third-order valence-electron chi connectivity index (χ3n) is 1.81.